The third-order valence-electron chi connectivity index (χ3n) is 12.6. The molecule has 0 fully saturated rings. The zero-order chi connectivity index (χ0) is 43.8. The van der Waals surface area contributed by atoms with Crippen molar-refractivity contribution in [3.8, 4) is 0 Å². The van der Waals surface area contributed by atoms with Gasteiger partial charge in [0.2, 0.25) is 5.91 Å². The van der Waals surface area contributed by atoms with Crippen LogP contribution in [0.25, 0.3) is 0 Å². The molecule has 0 heterocycles. The standard InChI is InChI=1S/C54H105NO5/c1-3-5-7-9-11-13-15-17-19-21-23-24-25-26-27-28-29-30-32-34-36-38-40-42-44-46-48-52(58)54(60)55-50(49-56)53(59)51(57)47-45-43-41-39-37-35-33-31-22-20-18-16-14-12-10-8-6-4-2/h31,33,39,41,50-53,56-59H,3-30,32,34-38,40,42-49H2,1-2H3,(H,55,60)/b33-31+,41-39+. The SMILES string of the molecule is CCCCCCCCCCC/C=C/CC/C=C/CCCC(O)C(O)C(CO)NC(=O)C(O)CCCCCCCCCCCCCCCCCCCCCCCCCCCC. The molecule has 6 heteroatoms. The Morgan fingerprint density at radius 1 is 0.400 bits per heavy atom. The van der Waals surface area contributed by atoms with Gasteiger partial charge in [0.15, 0.2) is 0 Å². The van der Waals surface area contributed by atoms with Crippen molar-refractivity contribution in [1.29, 1.82) is 0 Å². The number of unbranched alkanes of at least 4 members (excludes halogenated alkanes) is 36. The van der Waals surface area contributed by atoms with Crippen LogP contribution in [0.2, 0.25) is 0 Å². The lowest BCUT2D eigenvalue weighted by atomic mass is 10.00. The highest BCUT2D eigenvalue weighted by molar-refractivity contribution is 5.80. The van der Waals surface area contributed by atoms with E-state index in [1.807, 2.05) is 0 Å². The van der Waals surface area contributed by atoms with Gasteiger partial charge in [0.25, 0.3) is 0 Å². The second-order valence-electron chi connectivity index (χ2n) is 18.6. The van der Waals surface area contributed by atoms with Crippen LogP contribution < -0.4 is 5.32 Å². The van der Waals surface area contributed by atoms with Crippen LogP contribution in [0, 0.1) is 0 Å². The first kappa shape index (κ1) is 58.8. The fourth-order valence-electron chi connectivity index (χ4n) is 8.42. The van der Waals surface area contributed by atoms with E-state index in [-0.39, 0.29) is 0 Å². The Morgan fingerprint density at radius 3 is 1.05 bits per heavy atom. The number of nitrogens with one attached hydrogen (secondary N) is 1. The number of aliphatic hydroxyl groups is 4. The number of carbonyl (C=O) groups excluding carboxylic acids is 1. The van der Waals surface area contributed by atoms with E-state index in [1.165, 1.54) is 212 Å². The molecule has 0 rings (SSSR count). The van der Waals surface area contributed by atoms with Crippen molar-refractivity contribution in [1.82, 2.24) is 5.32 Å². The lowest BCUT2D eigenvalue weighted by Gasteiger charge is -2.27. The maximum atomic E-state index is 12.6. The largest absolute Gasteiger partial charge is 0.394 e. The third-order valence-corrected chi connectivity index (χ3v) is 12.6. The van der Waals surface area contributed by atoms with Crippen molar-refractivity contribution in [2.24, 2.45) is 0 Å². The average molecular weight is 848 g/mol. The van der Waals surface area contributed by atoms with E-state index in [0.29, 0.717) is 19.3 Å². The molecule has 6 nitrogen and oxygen atoms in total. The van der Waals surface area contributed by atoms with Gasteiger partial charge in [0.05, 0.1) is 18.8 Å². The Kier molecular flexibility index (Phi) is 47.8. The van der Waals surface area contributed by atoms with Crippen LogP contribution in [0.1, 0.15) is 284 Å². The number of amides is 1. The molecule has 0 aliphatic carbocycles. The monoisotopic (exact) mass is 848 g/mol. The highest BCUT2D eigenvalue weighted by Gasteiger charge is 2.28. The molecule has 0 spiro atoms. The zero-order valence-corrected chi connectivity index (χ0v) is 40.2. The van der Waals surface area contributed by atoms with Gasteiger partial charge < -0.3 is 25.7 Å². The van der Waals surface area contributed by atoms with E-state index < -0.39 is 36.9 Å². The van der Waals surface area contributed by atoms with Crippen molar-refractivity contribution >= 4 is 5.91 Å². The predicted molar refractivity (Wildman–Crippen MR) is 261 cm³/mol. The van der Waals surface area contributed by atoms with Crippen molar-refractivity contribution < 1.29 is 25.2 Å². The van der Waals surface area contributed by atoms with Crippen molar-refractivity contribution in [3.63, 3.8) is 0 Å². The maximum Gasteiger partial charge on any atom is 0.249 e. The molecule has 0 aromatic heterocycles. The van der Waals surface area contributed by atoms with Gasteiger partial charge in [-0.3, -0.25) is 4.79 Å². The van der Waals surface area contributed by atoms with Gasteiger partial charge in [-0.15, -0.1) is 0 Å². The van der Waals surface area contributed by atoms with E-state index >= 15 is 0 Å². The van der Waals surface area contributed by atoms with Crippen molar-refractivity contribution in [3.05, 3.63) is 24.3 Å². The molecule has 60 heavy (non-hydrogen) atoms. The molecule has 5 N–H and O–H groups in total. The fourth-order valence-corrected chi connectivity index (χ4v) is 8.42. The van der Waals surface area contributed by atoms with Crippen LogP contribution in [0.4, 0.5) is 0 Å². The van der Waals surface area contributed by atoms with Crippen molar-refractivity contribution in [2.75, 3.05) is 6.61 Å². The number of aliphatic hydroxyl groups excluding tert-OH is 4. The Bertz CT molecular complexity index is 909. The summed E-state index contributed by atoms with van der Waals surface area (Å²) in [5, 5.41) is 43.9. The summed E-state index contributed by atoms with van der Waals surface area (Å²) in [5.74, 6) is -0.593. The Labute approximate surface area is 374 Å². The number of allylic oxidation sites excluding steroid dienone is 4. The molecule has 0 aliphatic heterocycles. The summed E-state index contributed by atoms with van der Waals surface area (Å²) in [6, 6.07) is -1.01. The first-order chi connectivity index (χ1) is 29.5. The summed E-state index contributed by atoms with van der Waals surface area (Å²) in [6.07, 6.45) is 58.1. The summed E-state index contributed by atoms with van der Waals surface area (Å²) in [4.78, 5) is 12.6. The number of hydrogen-bond acceptors (Lipinski definition) is 5. The first-order valence-corrected chi connectivity index (χ1v) is 26.7. The fraction of sp³-hybridized carbons (Fsp3) is 0.907. The highest BCUT2D eigenvalue weighted by atomic mass is 16.3. The van der Waals surface area contributed by atoms with Gasteiger partial charge in [-0.1, -0.05) is 256 Å². The van der Waals surface area contributed by atoms with Gasteiger partial charge in [0.1, 0.15) is 12.2 Å². The minimum atomic E-state index is -1.29. The molecule has 0 bridgehead atoms. The Hall–Kier alpha value is -1.21. The molecule has 0 aromatic carbocycles. The zero-order valence-electron chi connectivity index (χ0n) is 40.2. The predicted octanol–water partition coefficient (Wildman–Crippen LogP) is 15.1. The molecule has 0 aliphatic rings. The number of rotatable bonds is 49. The molecule has 1 amide bonds. The molecule has 4 atom stereocenters. The van der Waals surface area contributed by atoms with Crippen LogP contribution in [0.5, 0.6) is 0 Å². The third kappa shape index (κ3) is 42.1. The molecule has 0 saturated heterocycles. The minimum absolute atomic E-state index is 0.365. The summed E-state index contributed by atoms with van der Waals surface area (Å²) < 4.78 is 0. The van der Waals surface area contributed by atoms with Gasteiger partial charge in [-0.05, 0) is 51.4 Å². The van der Waals surface area contributed by atoms with Crippen LogP contribution in [-0.4, -0.2) is 57.3 Å². The first-order valence-electron chi connectivity index (χ1n) is 26.7. The normalized spacial score (nSPS) is 14.0. The van der Waals surface area contributed by atoms with Crippen LogP contribution in [-0.2, 0) is 4.79 Å². The van der Waals surface area contributed by atoms with E-state index in [1.54, 1.807) is 0 Å². The van der Waals surface area contributed by atoms with Crippen LogP contribution >= 0.6 is 0 Å². The summed E-state index contributed by atoms with van der Waals surface area (Å²) >= 11 is 0. The summed E-state index contributed by atoms with van der Waals surface area (Å²) in [5.41, 5.74) is 0. The smallest absolute Gasteiger partial charge is 0.249 e. The van der Waals surface area contributed by atoms with Gasteiger partial charge in [0, 0.05) is 0 Å². The lowest BCUT2D eigenvalue weighted by molar-refractivity contribution is -0.132. The summed E-state index contributed by atoms with van der Waals surface area (Å²) in [7, 11) is 0. The lowest BCUT2D eigenvalue weighted by Crippen LogP contribution is -2.53. The topological polar surface area (TPSA) is 110 Å². The van der Waals surface area contributed by atoms with E-state index in [0.717, 1.165) is 38.5 Å². The van der Waals surface area contributed by atoms with E-state index in [9.17, 15) is 25.2 Å². The second kappa shape index (κ2) is 48.8. The van der Waals surface area contributed by atoms with E-state index in [4.69, 9.17) is 0 Å². The second-order valence-corrected chi connectivity index (χ2v) is 18.6. The molecular formula is C54H105NO5. The highest BCUT2D eigenvalue weighted by Crippen LogP contribution is 2.17. The minimum Gasteiger partial charge on any atom is -0.394 e. The number of carbonyl (C=O) groups is 1. The quantitative estimate of drug-likeness (QED) is 0.0309. The molecule has 0 radical (unpaired) electrons. The van der Waals surface area contributed by atoms with Gasteiger partial charge in [-0.2, -0.15) is 0 Å². The average Bonchev–Trinajstić information content (AvgIpc) is 3.25. The molecule has 0 aromatic rings. The summed E-state index contributed by atoms with van der Waals surface area (Å²) in [6.45, 7) is 4.06. The van der Waals surface area contributed by atoms with Gasteiger partial charge in [-0.25, -0.2) is 0 Å². The molecule has 0 saturated carbocycles. The molecule has 356 valence electrons. The van der Waals surface area contributed by atoms with Crippen LogP contribution in [0.15, 0.2) is 24.3 Å². The Morgan fingerprint density at radius 2 is 0.700 bits per heavy atom. The Balaban J connectivity index is 3.66. The van der Waals surface area contributed by atoms with Crippen LogP contribution in [0.3, 0.4) is 0 Å². The molecule has 4 unspecified atom stereocenters. The van der Waals surface area contributed by atoms with E-state index in [2.05, 4.69) is 43.5 Å². The number of hydrogen-bond donors (Lipinski definition) is 5. The molecular weight excluding hydrogens is 743 g/mol. The van der Waals surface area contributed by atoms with Gasteiger partial charge >= 0.3 is 0 Å². The van der Waals surface area contributed by atoms with Crippen molar-refractivity contribution in [2.45, 2.75) is 308 Å². The maximum absolute atomic E-state index is 12.6.